The predicted molar refractivity (Wildman–Crippen MR) is 327 cm³/mol. The Hall–Kier alpha value is -12.3. The number of fused-ring (bicyclic) bond motifs is 6. The van der Waals surface area contributed by atoms with E-state index in [1.165, 1.54) is 6.07 Å². The number of aromatic nitrogens is 2. The second-order valence-corrected chi connectivity index (χ2v) is 20.2. The highest BCUT2D eigenvalue weighted by Gasteiger charge is 2.32. The number of alkyl halides is 3. The molecule has 0 aliphatic carbocycles. The van der Waals surface area contributed by atoms with Crippen LogP contribution < -0.4 is 0 Å². The summed E-state index contributed by atoms with van der Waals surface area (Å²) in [6.45, 7) is 31.5. The normalized spacial score (nSPS) is 11.2. The summed E-state index contributed by atoms with van der Waals surface area (Å²) in [5.74, 6) is 0. The Kier molecular flexibility index (Phi) is 12.5. The molecule has 8 nitrogen and oxygen atoms in total. The van der Waals surface area contributed by atoms with Crippen molar-refractivity contribution in [3.05, 3.63) is 287 Å². The first-order chi connectivity index (χ1) is 40.9. The highest BCUT2D eigenvalue weighted by molar-refractivity contribution is 6.14. The molecule has 390 valence electrons. The summed E-state index contributed by atoms with van der Waals surface area (Å²) < 4.78 is 47.5. The summed E-state index contributed by atoms with van der Waals surface area (Å²) in [6.07, 6.45) is -4.72. The number of nitriles is 2. The molecule has 11 heteroatoms. The fraction of sp³-hybridized carbons (Fsp3) is 0.0137. The number of halogens is 3. The number of benzene rings is 11. The molecule has 0 fully saturated rings. The number of nitrogens with zero attached hydrogens (tertiary/aromatic N) is 8. The lowest BCUT2D eigenvalue weighted by Crippen LogP contribution is -2.04. The minimum absolute atomic E-state index is 0.210. The minimum Gasteiger partial charge on any atom is -0.309 e. The van der Waals surface area contributed by atoms with Crippen molar-refractivity contribution >= 4 is 66.4 Å². The van der Waals surface area contributed by atoms with E-state index in [-0.39, 0.29) is 11.3 Å². The molecule has 0 aliphatic rings. The van der Waals surface area contributed by atoms with Crippen LogP contribution in [-0.2, 0) is 6.18 Å². The topological polar surface area (TPSA) is 74.9 Å². The van der Waals surface area contributed by atoms with E-state index in [4.69, 9.17) is 26.3 Å². The third kappa shape index (κ3) is 8.87. The van der Waals surface area contributed by atoms with Gasteiger partial charge in [0.15, 0.2) is 22.7 Å². The quantitative estimate of drug-likeness (QED) is 0.142. The van der Waals surface area contributed by atoms with Crippen molar-refractivity contribution in [2.24, 2.45) is 0 Å². The van der Waals surface area contributed by atoms with E-state index in [1.807, 2.05) is 146 Å². The van der Waals surface area contributed by atoms with Crippen LogP contribution in [0.5, 0.6) is 0 Å². The van der Waals surface area contributed by atoms with Gasteiger partial charge in [-0.25, -0.2) is 19.4 Å². The summed E-state index contributed by atoms with van der Waals surface area (Å²) in [6, 6.07) is 73.1. The van der Waals surface area contributed by atoms with Gasteiger partial charge in [0.1, 0.15) is 0 Å². The Bertz CT molecular complexity index is 5000. The average Bonchev–Trinajstić information content (AvgIpc) is 2.27. The Morgan fingerprint density at radius 3 is 1.23 bits per heavy atom. The summed E-state index contributed by atoms with van der Waals surface area (Å²) in [7, 11) is 0. The molecule has 0 atom stereocenters. The Balaban J connectivity index is 1.10. The van der Waals surface area contributed by atoms with Gasteiger partial charge in [-0.1, -0.05) is 109 Å². The lowest BCUT2D eigenvalue weighted by atomic mass is 9.90. The van der Waals surface area contributed by atoms with Crippen LogP contribution in [-0.4, -0.2) is 9.13 Å². The molecule has 0 spiro atoms. The maximum atomic E-state index is 14.4. The predicted octanol–water partition coefficient (Wildman–Crippen LogP) is 20.8. The van der Waals surface area contributed by atoms with Gasteiger partial charge < -0.3 is 9.13 Å². The van der Waals surface area contributed by atoms with Crippen LogP contribution in [0.15, 0.2) is 224 Å². The largest absolute Gasteiger partial charge is 0.415 e. The van der Waals surface area contributed by atoms with Crippen molar-refractivity contribution in [3.8, 4) is 90.3 Å². The zero-order valence-corrected chi connectivity index (χ0v) is 44.1. The van der Waals surface area contributed by atoms with Crippen LogP contribution >= 0.6 is 0 Å². The van der Waals surface area contributed by atoms with Crippen LogP contribution in [0.1, 0.15) is 16.7 Å². The van der Waals surface area contributed by atoms with Gasteiger partial charge in [-0.05, 0) is 176 Å². The lowest BCUT2D eigenvalue weighted by molar-refractivity contribution is -0.137. The van der Waals surface area contributed by atoms with Gasteiger partial charge in [-0.3, -0.25) is 0 Å². The van der Waals surface area contributed by atoms with Gasteiger partial charge in [0.05, 0.1) is 77.3 Å². The third-order valence-corrected chi connectivity index (χ3v) is 15.4. The van der Waals surface area contributed by atoms with Crippen LogP contribution in [0.25, 0.3) is 141 Å². The monoisotopic (exact) mass is 1080 g/mol. The molecular formula is C73H37F3N8. The van der Waals surface area contributed by atoms with Gasteiger partial charge in [-0.2, -0.15) is 23.7 Å². The average molecular weight is 1080 g/mol. The molecule has 0 saturated heterocycles. The molecule has 0 aliphatic heterocycles. The lowest BCUT2D eigenvalue weighted by Gasteiger charge is -2.20. The summed E-state index contributed by atoms with van der Waals surface area (Å²) in [4.78, 5) is 14.8. The van der Waals surface area contributed by atoms with Gasteiger partial charge >= 0.3 is 6.18 Å². The van der Waals surface area contributed by atoms with E-state index < -0.39 is 11.7 Å². The van der Waals surface area contributed by atoms with Crippen LogP contribution in [0.2, 0.25) is 0 Å². The molecule has 2 aromatic heterocycles. The SMILES string of the molecule is [C-]#[N+]c1cccc(-c2ccc3c(c2)c2cc(-c4cccc([N+]#[C-])c4)ccc2n3-c2ccc(-c3ccc(C(F)(F)F)cc3[N+]#[C-])c(-c3cc(C#N)ccc3-n3c4ccc(-c5cccc(C#N)c5)cc4c4cc(-c5cccc([N+]#[C-])c5)ccc43)c2)c1. The standard InChI is InChI=1S/C73H37F3N8/c1-79-55-14-6-11-47(33-55)51-18-27-68-63(37-51)64-38-52(48-12-7-15-56(34-48)80-2)19-28-69(64)83(68)58-23-25-59(60-24-22-54(73(74,75)76)40-67(60)82-4)61(41-58)62-32-45(43-78)17-26-70(62)84-71-29-20-50(46-10-5-9-44(31-46)42-77)36-65(71)66-39-53(21-30-72(66)84)49-13-8-16-57(35-49)81-3/h5-41H. The smallest absolute Gasteiger partial charge is 0.309 e. The molecular weight excluding hydrogens is 1050 g/mol. The summed E-state index contributed by atoms with van der Waals surface area (Å²) in [5.41, 5.74) is 14.3. The molecule has 13 aromatic rings. The maximum Gasteiger partial charge on any atom is 0.415 e. The van der Waals surface area contributed by atoms with E-state index in [0.29, 0.717) is 56.3 Å². The molecule has 0 bridgehead atoms. The van der Waals surface area contributed by atoms with Crippen molar-refractivity contribution < 1.29 is 13.2 Å². The highest BCUT2D eigenvalue weighted by atomic mass is 19.4. The van der Waals surface area contributed by atoms with E-state index in [2.05, 4.69) is 64.9 Å². The van der Waals surface area contributed by atoms with Crippen molar-refractivity contribution in [2.45, 2.75) is 6.18 Å². The molecule has 0 saturated carbocycles. The molecule has 13 rings (SSSR count). The van der Waals surface area contributed by atoms with Crippen LogP contribution in [0, 0.1) is 49.0 Å². The molecule has 0 radical (unpaired) electrons. The second kappa shape index (κ2) is 20.4. The zero-order valence-electron chi connectivity index (χ0n) is 44.1. The number of hydrogen-bond donors (Lipinski definition) is 0. The molecule has 0 unspecified atom stereocenters. The van der Waals surface area contributed by atoms with E-state index in [1.54, 1.807) is 36.4 Å². The number of hydrogen-bond acceptors (Lipinski definition) is 2. The highest BCUT2D eigenvalue weighted by Crippen LogP contribution is 2.47. The van der Waals surface area contributed by atoms with Crippen molar-refractivity contribution in [2.75, 3.05) is 0 Å². The van der Waals surface area contributed by atoms with Crippen molar-refractivity contribution in [1.82, 2.24) is 9.13 Å². The van der Waals surface area contributed by atoms with Gasteiger partial charge in [0, 0.05) is 38.4 Å². The van der Waals surface area contributed by atoms with Crippen LogP contribution in [0.4, 0.5) is 35.9 Å². The summed E-state index contributed by atoms with van der Waals surface area (Å²) >= 11 is 0. The first-order valence-corrected chi connectivity index (χ1v) is 26.3. The van der Waals surface area contributed by atoms with Crippen LogP contribution in [0.3, 0.4) is 0 Å². The third-order valence-electron chi connectivity index (χ3n) is 15.4. The molecule has 11 aromatic carbocycles. The van der Waals surface area contributed by atoms with E-state index >= 15 is 0 Å². The van der Waals surface area contributed by atoms with Gasteiger partial charge in [0.2, 0.25) is 0 Å². The first kappa shape index (κ1) is 51.2. The summed E-state index contributed by atoms with van der Waals surface area (Å²) in [5, 5.41) is 24.1. The fourth-order valence-corrected chi connectivity index (χ4v) is 11.5. The molecule has 84 heavy (non-hydrogen) atoms. The van der Waals surface area contributed by atoms with Gasteiger partial charge in [-0.15, -0.1) is 0 Å². The Morgan fingerprint density at radius 2 is 0.774 bits per heavy atom. The van der Waals surface area contributed by atoms with Gasteiger partial charge in [0.25, 0.3) is 0 Å². The fourth-order valence-electron chi connectivity index (χ4n) is 11.5. The molecule has 0 amide bonds. The second-order valence-electron chi connectivity index (χ2n) is 20.2. The molecule has 0 N–H and O–H groups in total. The Labute approximate surface area is 480 Å². The first-order valence-electron chi connectivity index (χ1n) is 26.3. The van der Waals surface area contributed by atoms with E-state index in [9.17, 15) is 23.7 Å². The van der Waals surface area contributed by atoms with Crippen molar-refractivity contribution in [3.63, 3.8) is 0 Å². The van der Waals surface area contributed by atoms with E-state index in [0.717, 1.165) is 100 Å². The van der Waals surface area contributed by atoms with Crippen molar-refractivity contribution in [1.29, 1.82) is 10.5 Å². The Morgan fingerprint density at radius 1 is 0.345 bits per heavy atom. The zero-order chi connectivity index (χ0) is 57.8. The maximum absolute atomic E-state index is 14.4. The minimum atomic E-state index is -4.72. The number of rotatable bonds is 8. The molecule has 2 heterocycles.